The Labute approximate surface area is 96.2 Å². The van der Waals surface area contributed by atoms with Gasteiger partial charge >= 0.3 is 0 Å². The number of aldehydes is 1. The molecule has 0 atom stereocenters. The van der Waals surface area contributed by atoms with E-state index in [2.05, 4.69) is 6.58 Å². The maximum absolute atomic E-state index is 13.4. The second-order valence-corrected chi connectivity index (χ2v) is 3.40. The summed E-state index contributed by atoms with van der Waals surface area (Å²) >= 11 is 11.3. The van der Waals surface area contributed by atoms with E-state index < -0.39 is 5.82 Å². The summed E-state index contributed by atoms with van der Waals surface area (Å²) in [6, 6.07) is 1.20. The molecule has 80 valence electrons. The van der Waals surface area contributed by atoms with Crippen LogP contribution in [-0.2, 0) is 0 Å². The number of carbonyl (C=O) groups excluding carboxylic acids is 1. The highest BCUT2D eigenvalue weighted by Crippen LogP contribution is 2.33. The van der Waals surface area contributed by atoms with Crippen molar-refractivity contribution in [2.75, 3.05) is 6.61 Å². The van der Waals surface area contributed by atoms with Crippen LogP contribution in [0.2, 0.25) is 10.0 Å². The number of hydrogen-bond donors (Lipinski definition) is 0. The van der Waals surface area contributed by atoms with Gasteiger partial charge in [-0.3, -0.25) is 4.79 Å². The van der Waals surface area contributed by atoms with Crippen LogP contribution in [0.15, 0.2) is 18.7 Å². The highest BCUT2D eigenvalue weighted by Gasteiger charge is 2.16. The summed E-state index contributed by atoms with van der Waals surface area (Å²) in [6.45, 7) is 3.54. The fourth-order valence-electron chi connectivity index (χ4n) is 0.949. The Balaban J connectivity index is 3.20. The molecule has 0 radical (unpaired) electrons. The summed E-state index contributed by atoms with van der Waals surface area (Å²) in [5.74, 6) is -0.902. The van der Waals surface area contributed by atoms with Crippen LogP contribution in [0.1, 0.15) is 10.4 Å². The summed E-state index contributed by atoms with van der Waals surface area (Å²) in [5.41, 5.74) is -0.0817. The quantitative estimate of drug-likeness (QED) is 0.463. The van der Waals surface area contributed by atoms with Gasteiger partial charge in [-0.1, -0.05) is 35.9 Å². The van der Waals surface area contributed by atoms with E-state index in [1.54, 1.807) is 0 Å². The van der Waals surface area contributed by atoms with Crippen LogP contribution >= 0.6 is 23.2 Å². The molecule has 0 fully saturated rings. The molecule has 1 rings (SSSR count). The van der Waals surface area contributed by atoms with E-state index in [9.17, 15) is 9.18 Å². The van der Waals surface area contributed by atoms with E-state index in [0.717, 1.165) is 0 Å². The minimum Gasteiger partial charge on any atom is -0.486 e. The van der Waals surface area contributed by atoms with Gasteiger partial charge in [0.15, 0.2) is 17.9 Å². The molecule has 0 aromatic heterocycles. The normalized spacial score (nSPS) is 9.80. The largest absolute Gasteiger partial charge is 0.486 e. The molecule has 0 saturated heterocycles. The molecule has 2 nitrogen and oxygen atoms in total. The van der Waals surface area contributed by atoms with Crippen LogP contribution in [-0.4, -0.2) is 12.9 Å². The molecule has 0 amide bonds. The third-order valence-electron chi connectivity index (χ3n) is 1.64. The van der Waals surface area contributed by atoms with Crippen molar-refractivity contribution in [2.45, 2.75) is 0 Å². The van der Waals surface area contributed by atoms with Crippen molar-refractivity contribution in [1.29, 1.82) is 0 Å². The first kappa shape index (κ1) is 12.0. The maximum Gasteiger partial charge on any atom is 0.184 e. The first-order valence-corrected chi connectivity index (χ1v) is 4.73. The van der Waals surface area contributed by atoms with Crippen molar-refractivity contribution in [3.63, 3.8) is 0 Å². The molecule has 1 aromatic carbocycles. The summed E-state index contributed by atoms with van der Waals surface area (Å²) in [4.78, 5) is 10.5. The van der Waals surface area contributed by atoms with Gasteiger partial charge in [0.05, 0.1) is 15.6 Å². The summed E-state index contributed by atoms with van der Waals surface area (Å²) in [5, 5.41) is -0.285. The zero-order valence-corrected chi connectivity index (χ0v) is 9.11. The number of rotatable bonds is 4. The topological polar surface area (TPSA) is 26.3 Å². The number of hydrogen-bond acceptors (Lipinski definition) is 2. The lowest BCUT2D eigenvalue weighted by atomic mass is 10.2. The monoisotopic (exact) mass is 248 g/mol. The highest BCUT2D eigenvalue weighted by molar-refractivity contribution is 6.38. The second kappa shape index (κ2) is 5.14. The second-order valence-electron chi connectivity index (χ2n) is 2.62. The van der Waals surface area contributed by atoms with Gasteiger partial charge in [0.2, 0.25) is 0 Å². The Morgan fingerprint density at radius 3 is 2.73 bits per heavy atom. The van der Waals surface area contributed by atoms with Crippen LogP contribution in [0, 0.1) is 5.82 Å². The predicted octanol–water partition coefficient (Wildman–Crippen LogP) is 3.51. The molecule has 0 heterocycles. The van der Waals surface area contributed by atoms with E-state index in [1.165, 1.54) is 12.1 Å². The standard InChI is InChI=1S/C10H7Cl2FO2/c1-2-3-15-8-4-7(11)6(5-14)9(12)10(8)13/h2,4-5H,1,3H2. The van der Waals surface area contributed by atoms with Gasteiger partial charge in [-0.05, 0) is 0 Å². The number of ether oxygens (including phenoxy) is 1. The van der Waals surface area contributed by atoms with Crippen molar-refractivity contribution >= 4 is 29.5 Å². The van der Waals surface area contributed by atoms with Gasteiger partial charge < -0.3 is 4.74 Å². The van der Waals surface area contributed by atoms with Crippen molar-refractivity contribution in [3.05, 3.63) is 40.1 Å². The lowest BCUT2D eigenvalue weighted by Crippen LogP contribution is -1.98. The molecule has 5 heteroatoms. The van der Waals surface area contributed by atoms with Gasteiger partial charge in [-0.25, -0.2) is 4.39 Å². The lowest BCUT2D eigenvalue weighted by Gasteiger charge is -2.08. The average Bonchev–Trinajstić information content (AvgIpc) is 2.22. The van der Waals surface area contributed by atoms with E-state index in [4.69, 9.17) is 27.9 Å². The van der Waals surface area contributed by atoms with Gasteiger partial charge in [0.25, 0.3) is 0 Å². The fourth-order valence-corrected chi connectivity index (χ4v) is 1.48. The van der Waals surface area contributed by atoms with Crippen LogP contribution in [0.4, 0.5) is 4.39 Å². The van der Waals surface area contributed by atoms with Crippen LogP contribution in [0.25, 0.3) is 0 Å². The van der Waals surface area contributed by atoms with E-state index in [-0.39, 0.29) is 28.0 Å². The van der Waals surface area contributed by atoms with Crippen molar-refractivity contribution in [2.24, 2.45) is 0 Å². The van der Waals surface area contributed by atoms with Gasteiger partial charge in [0.1, 0.15) is 6.61 Å². The lowest BCUT2D eigenvalue weighted by molar-refractivity contribution is 0.112. The van der Waals surface area contributed by atoms with E-state index in [0.29, 0.717) is 6.29 Å². The molecule has 0 aliphatic carbocycles. The Morgan fingerprint density at radius 2 is 2.20 bits per heavy atom. The molecule has 0 aliphatic heterocycles. The first-order chi connectivity index (χ1) is 7.11. The number of benzene rings is 1. The number of carbonyl (C=O) groups is 1. The SMILES string of the molecule is C=CCOc1cc(Cl)c(C=O)c(Cl)c1F. The molecule has 0 unspecified atom stereocenters. The van der Waals surface area contributed by atoms with Crippen molar-refractivity contribution in [3.8, 4) is 5.75 Å². The Hall–Kier alpha value is -1.06. The minimum absolute atomic E-state index is 0.0514. The molecule has 0 bridgehead atoms. The third kappa shape index (κ3) is 2.49. The van der Waals surface area contributed by atoms with Crippen LogP contribution < -0.4 is 4.74 Å². The van der Waals surface area contributed by atoms with Gasteiger partial charge in [0, 0.05) is 6.07 Å². The molecule has 0 saturated carbocycles. The minimum atomic E-state index is -0.801. The van der Waals surface area contributed by atoms with Gasteiger partial charge in [-0.15, -0.1) is 0 Å². The summed E-state index contributed by atoms with van der Waals surface area (Å²) in [7, 11) is 0. The third-order valence-corrected chi connectivity index (χ3v) is 2.32. The average molecular weight is 249 g/mol. The molecule has 15 heavy (non-hydrogen) atoms. The highest BCUT2D eigenvalue weighted by atomic mass is 35.5. The predicted molar refractivity (Wildman–Crippen MR) is 57.5 cm³/mol. The van der Waals surface area contributed by atoms with Crippen molar-refractivity contribution < 1.29 is 13.9 Å². The summed E-state index contributed by atoms with van der Waals surface area (Å²) in [6.07, 6.45) is 1.85. The van der Waals surface area contributed by atoms with E-state index in [1.807, 2.05) is 0 Å². The first-order valence-electron chi connectivity index (χ1n) is 3.98. The number of halogens is 3. The Bertz CT molecular complexity index is 405. The molecule has 1 aromatic rings. The Morgan fingerprint density at radius 1 is 1.53 bits per heavy atom. The zero-order valence-electron chi connectivity index (χ0n) is 7.60. The van der Waals surface area contributed by atoms with E-state index >= 15 is 0 Å². The molecule has 0 spiro atoms. The van der Waals surface area contributed by atoms with Crippen molar-refractivity contribution in [1.82, 2.24) is 0 Å². The molecular weight excluding hydrogens is 242 g/mol. The van der Waals surface area contributed by atoms with Crippen LogP contribution in [0.3, 0.4) is 0 Å². The molecular formula is C10H7Cl2FO2. The molecule has 0 N–H and O–H groups in total. The fraction of sp³-hybridized carbons (Fsp3) is 0.100. The van der Waals surface area contributed by atoms with Gasteiger partial charge in [-0.2, -0.15) is 0 Å². The zero-order chi connectivity index (χ0) is 11.4. The maximum atomic E-state index is 13.4. The molecule has 0 aliphatic rings. The smallest absolute Gasteiger partial charge is 0.184 e. The van der Waals surface area contributed by atoms with Crippen LogP contribution in [0.5, 0.6) is 5.75 Å². The Kier molecular flexibility index (Phi) is 4.12. The summed E-state index contributed by atoms with van der Waals surface area (Å²) < 4.78 is 18.4.